The second-order valence-electron chi connectivity index (χ2n) is 6.71. The Balaban J connectivity index is 0. The first-order valence-electron chi connectivity index (χ1n) is 10.2. The van der Waals surface area contributed by atoms with E-state index in [2.05, 4.69) is 6.92 Å². The topological polar surface area (TPSA) is 98.0 Å². The van der Waals surface area contributed by atoms with E-state index in [0.29, 0.717) is 6.42 Å². The Kier molecular flexibility index (Phi) is 24.8. The molecule has 0 radical (unpaired) electrons. The van der Waals surface area contributed by atoms with E-state index in [1.165, 1.54) is 51.4 Å². The molecule has 0 bridgehead atoms. The highest BCUT2D eigenvalue weighted by molar-refractivity contribution is 5.66. The van der Waals surface area contributed by atoms with Crippen LogP contribution in [0.25, 0.3) is 0 Å². The van der Waals surface area contributed by atoms with E-state index in [4.69, 9.17) is 15.3 Å². The summed E-state index contributed by atoms with van der Waals surface area (Å²) in [6.07, 6.45) is 16.3. The molecule has 0 amide bonds. The van der Waals surface area contributed by atoms with Gasteiger partial charge in [0, 0.05) is 6.42 Å². The second kappa shape index (κ2) is 23.4. The van der Waals surface area contributed by atoms with Gasteiger partial charge in [0.05, 0.1) is 19.3 Å². The summed E-state index contributed by atoms with van der Waals surface area (Å²) < 4.78 is 0. The maximum atomic E-state index is 10.3. The highest BCUT2D eigenvalue weighted by Gasteiger charge is 2.03. The number of hydrogen-bond donors (Lipinski definition) is 4. The van der Waals surface area contributed by atoms with Crippen LogP contribution >= 0.6 is 0 Å². The van der Waals surface area contributed by atoms with Crippen molar-refractivity contribution in [3.63, 3.8) is 0 Å². The Bertz CT molecular complexity index is 256. The number of rotatable bonds is 17. The van der Waals surface area contributed by atoms with Crippen molar-refractivity contribution in [2.24, 2.45) is 0 Å². The van der Waals surface area contributed by atoms with Crippen LogP contribution in [-0.2, 0) is 4.79 Å². The van der Waals surface area contributed by atoms with E-state index in [1.54, 1.807) is 0 Å². The molecule has 152 valence electrons. The van der Waals surface area contributed by atoms with Gasteiger partial charge in [-0.2, -0.15) is 0 Å². The van der Waals surface area contributed by atoms with Crippen molar-refractivity contribution in [3.05, 3.63) is 0 Å². The van der Waals surface area contributed by atoms with Crippen LogP contribution in [0.5, 0.6) is 0 Å². The highest BCUT2D eigenvalue weighted by atomic mass is 16.4. The Hall–Kier alpha value is -0.650. The second-order valence-corrected chi connectivity index (χ2v) is 6.71. The smallest absolute Gasteiger partial charge is 0.303 e. The van der Waals surface area contributed by atoms with Crippen LogP contribution in [0.3, 0.4) is 0 Å². The van der Waals surface area contributed by atoms with Crippen LogP contribution in [0.4, 0.5) is 0 Å². The maximum Gasteiger partial charge on any atom is 0.303 e. The van der Waals surface area contributed by atoms with Gasteiger partial charge in [-0.15, -0.1) is 0 Å². The fourth-order valence-electron chi connectivity index (χ4n) is 2.67. The molecular formula is C20H42O5. The van der Waals surface area contributed by atoms with Crippen LogP contribution in [-0.4, -0.2) is 45.7 Å². The van der Waals surface area contributed by atoms with E-state index < -0.39 is 5.97 Å². The molecule has 0 aromatic rings. The summed E-state index contributed by atoms with van der Waals surface area (Å²) in [6.45, 7) is 1.96. The molecule has 4 N–H and O–H groups in total. The zero-order valence-electron chi connectivity index (χ0n) is 16.3. The predicted molar refractivity (Wildman–Crippen MR) is 103 cm³/mol. The van der Waals surface area contributed by atoms with E-state index >= 15 is 0 Å². The average molecular weight is 363 g/mol. The number of carboxylic acids is 1. The third-order valence-corrected chi connectivity index (χ3v) is 4.17. The summed E-state index contributed by atoms with van der Waals surface area (Å²) >= 11 is 0. The Labute approximate surface area is 154 Å². The summed E-state index contributed by atoms with van der Waals surface area (Å²) in [4.78, 5) is 10.3. The number of unbranched alkanes of at least 4 members (excludes halogenated alkanes) is 10. The summed E-state index contributed by atoms with van der Waals surface area (Å²) in [5.74, 6) is -0.678. The van der Waals surface area contributed by atoms with E-state index in [1.807, 2.05) is 0 Å². The first-order valence-corrected chi connectivity index (χ1v) is 10.2. The van der Waals surface area contributed by atoms with Crippen LogP contribution in [0, 0.1) is 0 Å². The minimum Gasteiger partial charge on any atom is -0.481 e. The van der Waals surface area contributed by atoms with E-state index in [9.17, 15) is 9.90 Å². The predicted octanol–water partition coefficient (Wildman–Crippen LogP) is 4.27. The van der Waals surface area contributed by atoms with Crippen molar-refractivity contribution in [2.75, 3.05) is 13.2 Å². The molecule has 0 saturated carbocycles. The van der Waals surface area contributed by atoms with Gasteiger partial charge in [0.1, 0.15) is 0 Å². The minimum atomic E-state index is -0.678. The fraction of sp³-hybridized carbons (Fsp3) is 0.950. The fourth-order valence-corrected chi connectivity index (χ4v) is 2.67. The van der Waals surface area contributed by atoms with Crippen LogP contribution in [0.1, 0.15) is 103 Å². The molecule has 0 rings (SSSR count). The van der Waals surface area contributed by atoms with Crippen molar-refractivity contribution >= 4 is 5.97 Å². The molecule has 0 fully saturated rings. The molecule has 1 atom stereocenters. The van der Waals surface area contributed by atoms with Gasteiger partial charge in [0.15, 0.2) is 0 Å². The molecule has 0 saturated heterocycles. The molecule has 0 spiro atoms. The largest absolute Gasteiger partial charge is 0.481 e. The quantitative estimate of drug-likeness (QED) is 0.290. The van der Waals surface area contributed by atoms with Crippen LogP contribution in [0.2, 0.25) is 0 Å². The number of hydrogen-bond acceptors (Lipinski definition) is 4. The molecule has 0 aliphatic carbocycles. The SMILES string of the molecule is CCCCCCC(O)CCCCCCCCCCC(=O)O.OCCO. The van der Waals surface area contributed by atoms with Gasteiger partial charge in [-0.1, -0.05) is 77.6 Å². The molecule has 25 heavy (non-hydrogen) atoms. The lowest BCUT2D eigenvalue weighted by atomic mass is 10.0. The van der Waals surface area contributed by atoms with Crippen molar-refractivity contribution < 1.29 is 25.2 Å². The summed E-state index contributed by atoms with van der Waals surface area (Å²) in [6, 6.07) is 0. The molecule has 0 aromatic heterocycles. The third-order valence-electron chi connectivity index (χ3n) is 4.17. The third kappa shape index (κ3) is 28.4. The Morgan fingerprint density at radius 1 is 0.720 bits per heavy atom. The first-order chi connectivity index (χ1) is 12.1. The molecule has 5 heteroatoms. The standard InChI is InChI=1S/C18H36O3.C2H6O2/c1-2-3-4-11-14-17(19)15-12-9-7-5-6-8-10-13-16-18(20)21;3-1-2-4/h17,19H,2-16H2,1H3,(H,20,21);3-4H,1-2H2. The van der Waals surface area contributed by atoms with E-state index in [-0.39, 0.29) is 19.3 Å². The monoisotopic (exact) mass is 362 g/mol. The highest BCUT2D eigenvalue weighted by Crippen LogP contribution is 2.14. The van der Waals surface area contributed by atoms with Gasteiger partial charge in [0.25, 0.3) is 0 Å². The molecule has 5 nitrogen and oxygen atoms in total. The van der Waals surface area contributed by atoms with Crippen molar-refractivity contribution in [2.45, 2.75) is 109 Å². The maximum absolute atomic E-state index is 10.3. The lowest BCUT2D eigenvalue weighted by Gasteiger charge is -2.10. The Morgan fingerprint density at radius 2 is 1.12 bits per heavy atom. The van der Waals surface area contributed by atoms with Gasteiger partial charge in [-0.25, -0.2) is 0 Å². The molecule has 0 aromatic carbocycles. The lowest BCUT2D eigenvalue weighted by Crippen LogP contribution is -2.05. The zero-order chi connectivity index (χ0) is 19.2. The normalized spacial score (nSPS) is 11.7. The molecule has 0 aliphatic rings. The van der Waals surface area contributed by atoms with E-state index in [0.717, 1.165) is 38.5 Å². The minimum absolute atomic E-state index is 0.0853. The summed E-state index contributed by atoms with van der Waals surface area (Å²) in [5.41, 5.74) is 0. The summed E-state index contributed by atoms with van der Waals surface area (Å²) in [7, 11) is 0. The van der Waals surface area contributed by atoms with Crippen LogP contribution in [0.15, 0.2) is 0 Å². The molecule has 0 heterocycles. The average Bonchev–Trinajstić information content (AvgIpc) is 2.60. The van der Waals surface area contributed by atoms with Crippen molar-refractivity contribution in [1.82, 2.24) is 0 Å². The first kappa shape index (κ1) is 26.6. The lowest BCUT2D eigenvalue weighted by molar-refractivity contribution is -0.137. The van der Waals surface area contributed by atoms with Gasteiger partial charge in [0.2, 0.25) is 0 Å². The summed E-state index contributed by atoms with van der Waals surface area (Å²) in [5, 5.41) is 33.6. The van der Waals surface area contributed by atoms with Crippen LogP contribution < -0.4 is 0 Å². The number of aliphatic carboxylic acids is 1. The van der Waals surface area contributed by atoms with Gasteiger partial charge >= 0.3 is 5.97 Å². The van der Waals surface area contributed by atoms with Crippen molar-refractivity contribution in [1.29, 1.82) is 0 Å². The number of carboxylic acid groups (broad SMARTS) is 1. The van der Waals surface area contributed by atoms with Gasteiger partial charge in [-0.3, -0.25) is 4.79 Å². The van der Waals surface area contributed by atoms with Gasteiger partial charge in [-0.05, 0) is 19.3 Å². The number of carbonyl (C=O) groups is 1. The van der Waals surface area contributed by atoms with Crippen molar-refractivity contribution in [3.8, 4) is 0 Å². The number of aliphatic hydroxyl groups is 3. The number of aliphatic hydroxyl groups excluding tert-OH is 3. The molecule has 0 aliphatic heterocycles. The molecule has 1 unspecified atom stereocenters. The zero-order valence-corrected chi connectivity index (χ0v) is 16.3. The Morgan fingerprint density at radius 3 is 1.52 bits per heavy atom. The molecular weight excluding hydrogens is 320 g/mol. The van der Waals surface area contributed by atoms with Gasteiger partial charge < -0.3 is 20.4 Å².